The predicted molar refractivity (Wildman–Crippen MR) is 144 cm³/mol. The lowest BCUT2D eigenvalue weighted by Crippen LogP contribution is -1.86. The van der Waals surface area contributed by atoms with Crippen LogP contribution in [0.4, 0.5) is 0 Å². The molecule has 0 spiro atoms. The summed E-state index contributed by atoms with van der Waals surface area (Å²) in [6.07, 6.45) is 0. The minimum absolute atomic E-state index is 0.705. The van der Waals surface area contributed by atoms with Crippen molar-refractivity contribution in [3.8, 4) is 17.2 Å². The van der Waals surface area contributed by atoms with Crippen LogP contribution in [-0.4, -0.2) is 0 Å². The molecule has 8 aromatic carbocycles. The van der Waals surface area contributed by atoms with Gasteiger partial charge in [0.15, 0.2) is 0 Å². The Morgan fingerprint density at radius 1 is 0.441 bits per heavy atom. The van der Waals surface area contributed by atoms with Gasteiger partial charge in [-0.2, -0.15) is 5.26 Å². The van der Waals surface area contributed by atoms with Crippen LogP contribution in [0.15, 0.2) is 103 Å². The first-order chi connectivity index (χ1) is 16.8. The van der Waals surface area contributed by atoms with Crippen LogP contribution in [0.25, 0.3) is 75.8 Å². The van der Waals surface area contributed by atoms with Gasteiger partial charge in [-0.15, -0.1) is 0 Å². The highest BCUT2D eigenvalue weighted by Crippen LogP contribution is 2.53. The Morgan fingerprint density at radius 2 is 1.06 bits per heavy atom. The second-order valence-electron chi connectivity index (χ2n) is 9.18. The largest absolute Gasteiger partial charge is 0.192 e. The maximum Gasteiger partial charge on any atom is 0.0992 e. The molecule has 0 saturated carbocycles. The van der Waals surface area contributed by atoms with E-state index >= 15 is 0 Å². The van der Waals surface area contributed by atoms with Crippen molar-refractivity contribution in [2.24, 2.45) is 0 Å². The molecule has 0 aliphatic heterocycles. The lowest BCUT2D eigenvalue weighted by atomic mass is 9.89. The molecule has 0 saturated heterocycles. The van der Waals surface area contributed by atoms with Crippen LogP contribution in [0.5, 0.6) is 0 Å². The summed E-state index contributed by atoms with van der Waals surface area (Å²) < 4.78 is 0. The number of rotatable bonds is 1. The molecule has 0 unspecified atom stereocenters. The Balaban J connectivity index is 1.84. The van der Waals surface area contributed by atoms with E-state index in [1.807, 2.05) is 0 Å². The molecule has 0 fully saturated rings. The summed E-state index contributed by atoms with van der Waals surface area (Å²) in [5.74, 6) is 0. The lowest BCUT2D eigenvalue weighted by molar-refractivity contribution is 1.50. The summed E-state index contributed by atoms with van der Waals surface area (Å²) in [7, 11) is 0. The second-order valence-corrected chi connectivity index (χ2v) is 9.18. The first kappa shape index (κ1) is 17.8. The molecule has 154 valence electrons. The van der Waals surface area contributed by atoms with Gasteiger partial charge in [0.1, 0.15) is 0 Å². The van der Waals surface area contributed by atoms with E-state index < -0.39 is 0 Å². The molecule has 0 amide bonds. The fourth-order valence-electron chi connectivity index (χ4n) is 6.30. The maximum absolute atomic E-state index is 9.95. The Morgan fingerprint density at radius 3 is 1.82 bits per heavy atom. The molecule has 8 aromatic rings. The first-order valence-corrected chi connectivity index (χ1v) is 11.6. The summed E-state index contributed by atoms with van der Waals surface area (Å²) in [6, 6.07) is 39.2. The van der Waals surface area contributed by atoms with Crippen molar-refractivity contribution < 1.29 is 0 Å². The van der Waals surface area contributed by atoms with Gasteiger partial charge in [0, 0.05) is 0 Å². The standard InChI is InChI=1S/C33H17N/c34-18-19-16-26-22-12-4-5-13-23(22)31-30(26)27(17-19)29(21-8-2-1-3-9-21)32-24-14-6-10-20-11-7-15-25(28(20)24)33(31)32/h1-17H. The van der Waals surface area contributed by atoms with Gasteiger partial charge in [-0.3, -0.25) is 0 Å². The summed E-state index contributed by atoms with van der Waals surface area (Å²) >= 11 is 0. The third-order valence-corrected chi connectivity index (χ3v) is 7.53. The Labute approximate surface area is 195 Å². The smallest absolute Gasteiger partial charge is 0.0992 e. The zero-order chi connectivity index (χ0) is 22.4. The Bertz CT molecular complexity index is 2100. The van der Waals surface area contributed by atoms with Gasteiger partial charge in [0.05, 0.1) is 11.6 Å². The number of hydrogen-bond acceptors (Lipinski definition) is 1. The predicted octanol–water partition coefficient (Wildman–Crippen LogP) is 9.02. The van der Waals surface area contributed by atoms with Gasteiger partial charge in [0.25, 0.3) is 0 Å². The van der Waals surface area contributed by atoms with E-state index in [0.717, 1.165) is 5.39 Å². The van der Waals surface area contributed by atoms with Gasteiger partial charge in [0.2, 0.25) is 0 Å². The Kier molecular flexibility index (Phi) is 3.26. The minimum atomic E-state index is 0.705. The van der Waals surface area contributed by atoms with E-state index in [2.05, 4.69) is 109 Å². The zero-order valence-corrected chi connectivity index (χ0v) is 18.3. The topological polar surface area (TPSA) is 23.8 Å². The molecule has 0 bridgehead atoms. The molecule has 0 aromatic heterocycles. The van der Waals surface area contributed by atoms with Crippen LogP contribution >= 0.6 is 0 Å². The fraction of sp³-hybridized carbons (Fsp3) is 0. The molecule has 1 heteroatoms. The van der Waals surface area contributed by atoms with E-state index in [9.17, 15) is 5.26 Å². The zero-order valence-electron chi connectivity index (χ0n) is 18.3. The molecule has 0 radical (unpaired) electrons. The van der Waals surface area contributed by atoms with Gasteiger partial charge in [-0.1, -0.05) is 91.0 Å². The lowest BCUT2D eigenvalue weighted by Gasteiger charge is -2.13. The van der Waals surface area contributed by atoms with Crippen molar-refractivity contribution in [1.82, 2.24) is 0 Å². The van der Waals surface area contributed by atoms with E-state index in [1.54, 1.807) is 0 Å². The number of nitriles is 1. The minimum Gasteiger partial charge on any atom is -0.192 e. The highest BCUT2D eigenvalue weighted by molar-refractivity contribution is 6.48. The number of fused-ring (bicyclic) bond motifs is 7. The van der Waals surface area contributed by atoms with E-state index in [-0.39, 0.29) is 0 Å². The molecule has 1 nitrogen and oxygen atoms in total. The van der Waals surface area contributed by atoms with Crippen molar-refractivity contribution in [1.29, 1.82) is 5.26 Å². The second kappa shape index (κ2) is 6.22. The van der Waals surface area contributed by atoms with Gasteiger partial charge >= 0.3 is 0 Å². The average Bonchev–Trinajstić information content (AvgIpc) is 3.40. The van der Waals surface area contributed by atoms with Crippen molar-refractivity contribution in [3.05, 3.63) is 109 Å². The van der Waals surface area contributed by atoms with E-state index in [1.165, 1.54) is 70.4 Å². The van der Waals surface area contributed by atoms with E-state index in [0.29, 0.717) is 5.56 Å². The molecule has 0 atom stereocenters. The normalized spacial score (nSPS) is 12.1. The summed E-state index contributed by atoms with van der Waals surface area (Å²) in [5.41, 5.74) is 3.12. The number of benzene rings is 6. The molecule has 0 aliphatic carbocycles. The molecule has 0 heterocycles. The molecular formula is C33H17N. The molecule has 0 aliphatic rings. The fourth-order valence-corrected chi connectivity index (χ4v) is 6.30. The van der Waals surface area contributed by atoms with Crippen LogP contribution in [0.3, 0.4) is 0 Å². The summed E-state index contributed by atoms with van der Waals surface area (Å²) in [4.78, 5) is 0. The average molecular weight is 428 g/mol. The van der Waals surface area contributed by atoms with Gasteiger partial charge < -0.3 is 0 Å². The van der Waals surface area contributed by atoms with Gasteiger partial charge in [-0.25, -0.2) is 0 Å². The van der Waals surface area contributed by atoms with Crippen LogP contribution in [0.1, 0.15) is 5.56 Å². The summed E-state index contributed by atoms with van der Waals surface area (Å²) in [6.45, 7) is 0. The highest BCUT2D eigenvalue weighted by atomic mass is 14.3. The maximum atomic E-state index is 9.95. The molecular weight excluding hydrogens is 410 g/mol. The third kappa shape index (κ3) is 2.04. The molecule has 0 N–H and O–H groups in total. The van der Waals surface area contributed by atoms with E-state index in [4.69, 9.17) is 0 Å². The molecule has 8 rings (SSSR count). The highest BCUT2D eigenvalue weighted by Gasteiger charge is 2.24. The van der Waals surface area contributed by atoms with Crippen molar-refractivity contribution in [2.75, 3.05) is 0 Å². The number of hydrogen-bond donors (Lipinski definition) is 0. The van der Waals surface area contributed by atoms with Crippen LogP contribution in [0, 0.1) is 11.3 Å². The number of nitrogens with zero attached hydrogens (tertiary/aromatic N) is 1. The SMILES string of the molecule is N#Cc1cc2c(-c3ccccc3)c3c4cccc5cccc(c54)c3c3c4ccccc4c(c1)c23. The van der Waals surface area contributed by atoms with Crippen molar-refractivity contribution in [2.45, 2.75) is 0 Å². The van der Waals surface area contributed by atoms with Crippen molar-refractivity contribution in [3.63, 3.8) is 0 Å². The molecule has 34 heavy (non-hydrogen) atoms. The quantitative estimate of drug-likeness (QED) is 0.256. The monoisotopic (exact) mass is 427 g/mol. The van der Waals surface area contributed by atoms with Crippen molar-refractivity contribution >= 4 is 64.6 Å². The third-order valence-electron chi connectivity index (χ3n) is 7.53. The van der Waals surface area contributed by atoms with Crippen LogP contribution in [0.2, 0.25) is 0 Å². The first-order valence-electron chi connectivity index (χ1n) is 11.6. The van der Waals surface area contributed by atoms with Crippen LogP contribution < -0.4 is 0 Å². The Hall–Kier alpha value is -4.67. The van der Waals surface area contributed by atoms with Crippen LogP contribution in [-0.2, 0) is 0 Å². The summed E-state index contributed by atoms with van der Waals surface area (Å²) in [5, 5.41) is 25.1. The van der Waals surface area contributed by atoms with Gasteiger partial charge in [-0.05, 0) is 87.9 Å².